The zero-order valence-corrected chi connectivity index (χ0v) is 26.6. The van der Waals surface area contributed by atoms with Gasteiger partial charge in [-0.1, -0.05) is 121 Å². The summed E-state index contributed by atoms with van der Waals surface area (Å²) in [4.78, 5) is 13.0. The molecule has 2 aromatic rings. The quantitative estimate of drug-likeness (QED) is 0.0913. The molecule has 8 nitrogen and oxygen atoms in total. The van der Waals surface area contributed by atoms with Crippen LogP contribution in [0.2, 0.25) is 5.02 Å². The number of carbonyl (C=O) groups excluding carboxylic acids is 1. The lowest BCUT2D eigenvalue weighted by Gasteiger charge is -2.27. The van der Waals surface area contributed by atoms with Gasteiger partial charge < -0.3 is 0 Å². The predicted octanol–water partition coefficient (Wildman–Crippen LogP) is 8.30. The van der Waals surface area contributed by atoms with Crippen molar-refractivity contribution in [2.45, 2.75) is 114 Å². The Morgan fingerprint density at radius 2 is 1.52 bits per heavy atom. The van der Waals surface area contributed by atoms with Crippen LogP contribution in [-0.4, -0.2) is 39.5 Å². The molecule has 2 heterocycles. The first-order valence-corrected chi connectivity index (χ1v) is 17.9. The van der Waals surface area contributed by atoms with Crippen molar-refractivity contribution in [2.24, 2.45) is 0 Å². The van der Waals surface area contributed by atoms with Crippen molar-refractivity contribution in [1.82, 2.24) is 14.9 Å². The molecule has 1 aliphatic rings. The summed E-state index contributed by atoms with van der Waals surface area (Å²) in [5.41, 5.74) is 0.824. The van der Waals surface area contributed by atoms with Gasteiger partial charge in [0.05, 0.1) is 5.75 Å². The molecule has 12 heteroatoms. The summed E-state index contributed by atoms with van der Waals surface area (Å²) in [7, 11) is -4.49. The molecule has 2 atom stereocenters. The van der Waals surface area contributed by atoms with E-state index in [1.165, 1.54) is 85.7 Å². The number of hydrogen-bond donors (Lipinski definition) is 2. The molecule has 224 valence electrons. The molecule has 1 aromatic heterocycles. The number of aromatic nitrogens is 3. The van der Waals surface area contributed by atoms with Crippen LogP contribution in [0.5, 0.6) is 0 Å². The highest BCUT2D eigenvalue weighted by molar-refractivity contribution is 8.00. The molecule has 1 fully saturated rings. The second-order valence-corrected chi connectivity index (χ2v) is 14.0. The van der Waals surface area contributed by atoms with Gasteiger partial charge >= 0.3 is 0 Å². The Bertz CT molecular complexity index is 1220. The number of H-pyrrole nitrogens is 1. The van der Waals surface area contributed by atoms with Crippen molar-refractivity contribution in [1.29, 1.82) is 0 Å². The van der Waals surface area contributed by atoms with Crippen LogP contribution in [0.3, 0.4) is 0 Å². The minimum atomic E-state index is -4.49. The van der Waals surface area contributed by atoms with E-state index in [1.807, 2.05) is 12.1 Å². The summed E-state index contributed by atoms with van der Waals surface area (Å²) in [6.07, 6.45) is 16.9. The van der Waals surface area contributed by atoms with Gasteiger partial charge in [0, 0.05) is 5.02 Å². The summed E-state index contributed by atoms with van der Waals surface area (Å²) in [6, 6.07) is 7.13. The number of amides is 1. The van der Waals surface area contributed by atoms with Gasteiger partial charge in [-0.2, -0.15) is 13.5 Å². The van der Waals surface area contributed by atoms with E-state index in [-0.39, 0.29) is 28.7 Å². The molecule has 2 N–H and O–H groups in total. The highest BCUT2D eigenvalue weighted by Gasteiger charge is 2.39. The van der Waals surface area contributed by atoms with Crippen molar-refractivity contribution in [3.8, 4) is 0 Å². The van der Waals surface area contributed by atoms with Crippen LogP contribution in [0.25, 0.3) is 0 Å². The lowest BCUT2D eigenvalue weighted by Crippen LogP contribution is -2.40. The predicted molar refractivity (Wildman–Crippen MR) is 167 cm³/mol. The fraction of sp³-hybridized carbons (Fsp3) is 0.679. The number of nitrogens with one attached hydrogen (secondary N) is 1. The summed E-state index contributed by atoms with van der Waals surface area (Å²) in [6.45, 7) is 2.24. The lowest BCUT2D eigenvalue weighted by atomic mass is 10.0. The second-order valence-electron chi connectivity index (χ2n) is 10.5. The standard InChI is InChI=1S/C28H43ClN4O4S3/c1-2-3-4-5-6-7-8-9-10-11-12-13-14-15-16-24(40(35,36)37)26-30-31-28(38)33(26)32-25(34)21-39-27(32)22-17-19-23(29)20-18-22/h17-20,24,27H,2-16,21H2,1H3,(H,31,38)(H,35,36,37). The summed E-state index contributed by atoms with van der Waals surface area (Å²) < 4.78 is 36.5. The Labute approximate surface area is 253 Å². The van der Waals surface area contributed by atoms with Crippen LogP contribution < -0.4 is 5.01 Å². The number of halogens is 1. The first-order chi connectivity index (χ1) is 19.2. The normalized spacial score (nSPS) is 16.6. The van der Waals surface area contributed by atoms with E-state index >= 15 is 0 Å². The summed E-state index contributed by atoms with van der Waals surface area (Å²) >= 11 is 12.9. The van der Waals surface area contributed by atoms with Gasteiger partial charge in [-0.3, -0.25) is 14.4 Å². The zero-order chi connectivity index (χ0) is 29.0. The van der Waals surface area contributed by atoms with E-state index in [2.05, 4.69) is 17.1 Å². The fourth-order valence-electron chi connectivity index (χ4n) is 5.15. The largest absolute Gasteiger partial charge is 0.285 e. The minimum absolute atomic E-state index is 0.0250. The third kappa shape index (κ3) is 9.86. The molecular formula is C28H43ClN4O4S3. The van der Waals surface area contributed by atoms with Crippen LogP contribution >= 0.6 is 35.6 Å². The third-order valence-electron chi connectivity index (χ3n) is 7.36. The molecule has 0 saturated carbocycles. The first kappa shape index (κ1) is 33.1. The van der Waals surface area contributed by atoms with Crippen LogP contribution in [0.1, 0.15) is 125 Å². The number of nitrogens with zero attached hydrogens (tertiary/aromatic N) is 3. The van der Waals surface area contributed by atoms with Crippen molar-refractivity contribution in [3.63, 3.8) is 0 Å². The highest BCUT2D eigenvalue weighted by Crippen LogP contribution is 2.39. The second kappa shape index (κ2) is 16.9. The van der Waals surface area contributed by atoms with Crippen molar-refractivity contribution in [2.75, 3.05) is 10.8 Å². The Morgan fingerprint density at radius 1 is 1.00 bits per heavy atom. The zero-order valence-electron chi connectivity index (χ0n) is 23.4. The molecule has 3 rings (SSSR count). The number of thioether (sulfide) groups is 1. The van der Waals surface area contributed by atoms with Gasteiger partial charge in [-0.15, -0.1) is 11.8 Å². The number of aromatic amines is 1. The molecular weight excluding hydrogens is 588 g/mol. The van der Waals surface area contributed by atoms with E-state index < -0.39 is 20.7 Å². The Morgan fingerprint density at radius 3 is 2.05 bits per heavy atom. The Balaban J connectivity index is 1.52. The molecule has 1 amide bonds. The monoisotopic (exact) mass is 630 g/mol. The molecule has 0 radical (unpaired) electrons. The third-order valence-corrected chi connectivity index (χ3v) is 10.2. The average molecular weight is 631 g/mol. The lowest BCUT2D eigenvalue weighted by molar-refractivity contribution is -0.117. The van der Waals surface area contributed by atoms with E-state index in [4.69, 9.17) is 23.8 Å². The van der Waals surface area contributed by atoms with Gasteiger partial charge in [0.15, 0.2) is 5.82 Å². The van der Waals surface area contributed by atoms with Crippen molar-refractivity contribution >= 4 is 51.6 Å². The SMILES string of the molecule is CCCCCCCCCCCCCCCCC(c1n[nH]c(=S)n1N1C(=O)CSC1c1ccc(Cl)cc1)S(=O)(=O)O. The molecule has 1 aliphatic heterocycles. The topological polar surface area (TPSA) is 108 Å². The molecule has 0 spiro atoms. The molecule has 1 aromatic carbocycles. The van der Waals surface area contributed by atoms with Crippen LogP contribution in [0, 0.1) is 4.77 Å². The van der Waals surface area contributed by atoms with Gasteiger partial charge in [0.1, 0.15) is 10.6 Å². The number of unbranched alkanes of at least 4 members (excludes halogenated alkanes) is 13. The van der Waals surface area contributed by atoms with E-state index in [1.54, 1.807) is 12.1 Å². The summed E-state index contributed by atoms with van der Waals surface area (Å²) in [5.74, 6) is 0.00105. The first-order valence-electron chi connectivity index (χ1n) is 14.6. The van der Waals surface area contributed by atoms with Crippen molar-refractivity contribution in [3.05, 3.63) is 45.4 Å². The maximum absolute atomic E-state index is 13.0. The minimum Gasteiger partial charge on any atom is -0.285 e. The van der Waals surface area contributed by atoms with Crippen LogP contribution in [-0.2, 0) is 14.9 Å². The Hall–Kier alpha value is -1.40. The number of benzene rings is 1. The van der Waals surface area contributed by atoms with Gasteiger partial charge in [0.25, 0.3) is 16.0 Å². The summed E-state index contributed by atoms with van der Waals surface area (Å²) in [5, 5.41) is 7.09. The number of rotatable bonds is 19. The van der Waals surface area contributed by atoms with Crippen LogP contribution in [0.15, 0.2) is 24.3 Å². The number of carbonyl (C=O) groups is 1. The van der Waals surface area contributed by atoms with E-state index in [0.717, 1.165) is 24.8 Å². The molecule has 0 bridgehead atoms. The maximum Gasteiger partial charge on any atom is 0.275 e. The smallest absolute Gasteiger partial charge is 0.275 e. The van der Waals surface area contributed by atoms with Gasteiger partial charge in [-0.25, -0.2) is 9.69 Å². The fourth-order valence-corrected chi connectivity index (χ4v) is 7.53. The average Bonchev–Trinajstić information content (AvgIpc) is 3.47. The molecule has 0 aliphatic carbocycles. The number of hydrogen-bond acceptors (Lipinski definition) is 6. The van der Waals surface area contributed by atoms with Crippen LogP contribution in [0.4, 0.5) is 0 Å². The maximum atomic E-state index is 13.0. The molecule has 40 heavy (non-hydrogen) atoms. The van der Waals surface area contributed by atoms with E-state index in [9.17, 15) is 17.8 Å². The van der Waals surface area contributed by atoms with Gasteiger partial charge in [-0.05, 0) is 36.3 Å². The van der Waals surface area contributed by atoms with E-state index in [0.29, 0.717) is 11.4 Å². The van der Waals surface area contributed by atoms with Gasteiger partial charge in [0.2, 0.25) is 4.77 Å². The highest BCUT2D eigenvalue weighted by atomic mass is 35.5. The molecule has 2 unspecified atom stereocenters. The molecule has 1 saturated heterocycles. The van der Waals surface area contributed by atoms with Crippen molar-refractivity contribution < 1.29 is 17.8 Å². The Kier molecular flexibility index (Phi) is 14.0.